The van der Waals surface area contributed by atoms with E-state index in [1.54, 1.807) is 0 Å². The van der Waals surface area contributed by atoms with Crippen molar-refractivity contribution in [1.29, 1.82) is 0 Å². The van der Waals surface area contributed by atoms with Crippen molar-refractivity contribution in [3.63, 3.8) is 0 Å². The van der Waals surface area contributed by atoms with Crippen LogP contribution in [0.5, 0.6) is 0 Å². The van der Waals surface area contributed by atoms with E-state index < -0.39 is 0 Å². The van der Waals surface area contributed by atoms with Gasteiger partial charge in [0.15, 0.2) is 0 Å². The molecule has 1 aromatic heterocycles. The second-order valence-electron chi connectivity index (χ2n) is 14.8. The van der Waals surface area contributed by atoms with Gasteiger partial charge in [0.2, 0.25) is 0 Å². The van der Waals surface area contributed by atoms with Crippen LogP contribution in [0.3, 0.4) is 0 Å². The number of benzene rings is 10. The Morgan fingerprint density at radius 1 is 0.276 bits per heavy atom. The van der Waals surface area contributed by atoms with Crippen LogP contribution in [0, 0.1) is 0 Å². The molecule has 10 aromatic carbocycles. The minimum absolute atomic E-state index is 1.11. The molecule has 0 spiro atoms. The van der Waals surface area contributed by atoms with Gasteiger partial charge in [-0.15, -0.1) is 11.3 Å². The van der Waals surface area contributed by atoms with Gasteiger partial charge in [-0.05, 0) is 109 Å². The highest BCUT2D eigenvalue weighted by atomic mass is 32.1. The highest BCUT2D eigenvalue weighted by Crippen LogP contribution is 2.48. The number of fused-ring (bicyclic) bond motifs is 6. The topological polar surface area (TPSA) is 3.24 Å². The van der Waals surface area contributed by atoms with E-state index in [0.29, 0.717) is 0 Å². The molecule has 0 unspecified atom stereocenters. The molecule has 1 heterocycles. The summed E-state index contributed by atoms with van der Waals surface area (Å²) in [6.07, 6.45) is 0. The van der Waals surface area contributed by atoms with Crippen LogP contribution in [0.1, 0.15) is 0 Å². The predicted molar refractivity (Wildman–Crippen MR) is 251 cm³/mol. The first kappa shape index (κ1) is 34.0. The number of nitrogens with zero attached hydrogens (tertiary/aromatic N) is 1. The van der Waals surface area contributed by atoms with Crippen molar-refractivity contribution in [3.05, 3.63) is 224 Å². The minimum atomic E-state index is 1.11. The Morgan fingerprint density at radius 3 is 1.41 bits per heavy atom. The number of hydrogen-bond acceptors (Lipinski definition) is 2. The molecular weight excluding hydrogens is 719 g/mol. The summed E-state index contributed by atoms with van der Waals surface area (Å²) >= 11 is 1.87. The molecule has 1 nitrogen and oxygen atoms in total. The van der Waals surface area contributed by atoms with E-state index in [4.69, 9.17) is 0 Å². The van der Waals surface area contributed by atoms with Crippen LogP contribution in [0.4, 0.5) is 17.1 Å². The molecule has 0 atom stereocenters. The maximum atomic E-state index is 2.45. The van der Waals surface area contributed by atoms with E-state index in [0.717, 1.165) is 11.4 Å². The summed E-state index contributed by atoms with van der Waals surface area (Å²) in [4.78, 5) is 2.45. The molecule has 11 aromatic rings. The van der Waals surface area contributed by atoms with Gasteiger partial charge in [0.1, 0.15) is 0 Å². The second-order valence-corrected chi connectivity index (χ2v) is 15.9. The Morgan fingerprint density at radius 2 is 0.741 bits per heavy atom. The third-order valence-electron chi connectivity index (χ3n) is 11.4. The maximum absolute atomic E-state index is 2.45. The van der Waals surface area contributed by atoms with Crippen molar-refractivity contribution in [2.24, 2.45) is 0 Å². The van der Waals surface area contributed by atoms with Crippen molar-refractivity contribution in [2.75, 3.05) is 4.90 Å². The Bertz CT molecular complexity index is 3270. The third kappa shape index (κ3) is 5.86. The van der Waals surface area contributed by atoms with Gasteiger partial charge in [-0.25, -0.2) is 0 Å². The molecule has 0 saturated carbocycles. The smallest absolute Gasteiger partial charge is 0.0640 e. The molecule has 0 aliphatic heterocycles. The van der Waals surface area contributed by atoms with Gasteiger partial charge in [0.25, 0.3) is 0 Å². The fourth-order valence-corrected chi connectivity index (χ4v) is 10.0. The van der Waals surface area contributed by atoms with E-state index in [1.165, 1.54) is 91.9 Å². The van der Waals surface area contributed by atoms with Crippen LogP contribution < -0.4 is 4.90 Å². The molecule has 0 aliphatic rings. The normalized spacial score (nSPS) is 11.4. The van der Waals surface area contributed by atoms with E-state index in [9.17, 15) is 0 Å². The first-order valence-corrected chi connectivity index (χ1v) is 20.7. The molecule has 0 radical (unpaired) electrons. The highest BCUT2D eigenvalue weighted by molar-refractivity contribution is 7.26. The van der Waals surface area contributed by atoms with Crippen molar-refractivity contribution in [2.45, 2.75) is 0 Å². The number of anilines is 3. The van der Waals surface area contributed by atoms with E-state index in [1.807, 2.05) is 11.3 Å². The van der Waals surface area contributed by atoms with Gasteiger partial charge in [-0.1, -0.05) is 182 Å². The van der Waals surface area contributed by atoms with Gasteiger partial charge in [0, 0.05) is 26.8 Å². The van der Waals surface area contributed by atoms with Crippen LogP contribution in [-0.4, -0.2) is 0 Å². The van der Waals surface area contributed by atoms with Crippen LogP contribution in [-0.2, 0) is 0 Å². The summed E-state index contributed by atoms with van der Waals surface area (Å²) < 4.78 is 2.57. The van der Waals surface area contributed by atoms with Crippen molar-refractivity contribution in [3.8, 4) is 44.5 Å². The number of hydrogen-bond donors (Lipinski definition) is 0. The lowest BCUT2D eigenvalue weighted by atomic mass is 9.84. The average Bonchev–Trinajstić information content (AvgIpc) is 3.69. The fraction of sp³-hybridized carbons (Fsp3) is 0. The molecule has 0 amide bonds. The predicted octanol–water partition coefficient (Wildman–Crippen LogP) is 16.5. The van der Waals surface area contributed by atoms with Gasteiger partial charge in [-0.3, -0.25) is 0 Å². The van der Waals surface area contributed by atoms with E-state index >= 15 is 0 Å². The average molecular weight is 756 g/mol. The highest BCUT2D eigenvalue weighted by Gasteiger charge is 2.21. The quantitative estimate of drug-likeness (QED) is 0.146. The van der Waals surface area contributed by atoms with Gasteiger partial charge >= 0.3 is 0 Å². The minimum Gasteiger partial charge on any atom is -0.309 e. The lowest BCUT2D eigenvalue weighted by Crippen LogP contribution is -2.10. The fourth-order valence-electron chi connectivity index (χ4n) is 8.80. The summed E-state index contributed by atoms with van der Waals surface area (Å²) in [5.41, 5.74) is 13.1. The van der Waals surface area contributed by atoms with Crippen molar-refractivity contribution >= 4 is 70.1 Å². The third-order valence-corrected chi connectivity index (χ3v) is 12.6. The van der Waals surface area contributed by atoms with Crippen LogP contribution in [0.15, 0.2) is 224 Å². The molecule has 2 heteroatoms. The maximum Gasteiger partial charge on any atom is 0.0640 e. The van der Waals surface area contributed by atoms with Gasteiger partial charge < -0.3 is 4.90 Å². The van der Waals surface area contributed by atoms with Gasteiger partial charge in [-0.2, -0.15) is 0 Å². The zero-order chi connectivity index (χ0) is 38.4. The second kappa shape index (κ2) is 14.4. The Hall–Kier alpha value is -7.26. The van der Waals surface area contributed by atoms with E-state index in [-0.39, 0.29) is 0 Å². The van der Waals surface area contributed by atoms with Gasteiger partial charge in [0.05, 0.1) is 10.4 Å². The molecule has 11 rings (SSSR count). The Kier molecular flexibility index (Phi) is 8.42. The van der Waals surface area contributed by atoms with Crippen LogP contribution in [0.2, 0.25) is 0 Å². The number of rotatable bonds is 7. The number of thiophene rings is 1. The Labute approximate surface area is 342 Å². The van der Waals surface area contributed by atoms with Crippen molar-refractivity contribution in [1.82, 2.24) is 0 Å². The summed E-state index contributed by atoms with van der Waals surface area (Å²) in [5.74, 6) is 0. The lowest BCUT2D eigenvalue weighted by molar-refractivity contribution is 1.30. The molecule has 0 saturated heterocycles. The van der Waals surface area contributed by atoms with Crippen LogP contribution in [0.25, 0.3) is 86.2 Å². The van der Waals surface area contributed by atoms with E-state index in [2.05, 4.69) is 229 Å². The monoisotopic (exact) mass is 755 g/mol. The Balaban J connectivity index is 1.14. The lowest BCUT2D eigenvalue weighted by Gasteiger charge is -2.27. The molecule has 272 valence electrons. The molecule has 0 bridgehead atoms. The summed E-state index contributed by atoms with van der Waals surface area (Å²) in [7, 11) is 0. The summed E-state index contributed by atoms with van der Waals surface area (Å²) in [5, 5.41) is 7.60. The molecule has 58 heavy (non-hydrogen) atoms. The first-order chi connectivity index (χ1) is 28.8. The van der Waals surface area contributed by atoms with Crippen LogP contribution >= 0.6 is 11.3 Å². The zero-order valence-corrected chi connectivity index (χ0v) is 32.5. The first-order valence-electron chi connectivity index (χ1n) is 19.8. The molecule has 0 fully saturated rings. The molecular formula is C56H37NS. The molecule has 0 aliphatic carbocycles. The molecule has 0 N–H and O–H groups in total. The summed E-state index contributed by atoms with van der Waals surface area (Å²) in [6.45, 7) is 0. The standard InChI is InChI=1S/C56H37NS/c1-4-17-38(18-5-1)41-23-14-25-44(35-41)57(52-31-16-30-50-48-28-12-13-32-53(48)58-56(50)52)45-26-15-24-42(36-45)43-33-34-47-46-27-10-11-29-49(46)54(39-19-6-2-7-20-39)55(51(47)37-43)40-21-8-3-9-22-40/h1-37H. The largest absolute Gasteiger partial charge is 0.309 e. The SMILES string of the molecule is c1ccc(-c2cccc(N(c3cccc(-c4ccc5c(c4)c(-c4ccccc4)c(-c4ccccc4)c4ccccc45)c3)c3cccc4c3sc3ccccc34)c2)cc1. The zero-order valence-electron chi connectivity index (χ0n) is 31.7. The van der Waals surface area contributed by atoms with Crippen molar-refractivity contribution < 1.29 is 0 Å². The summed E-state index contributed by atoms with van der Waals surface area (Å²) in [6, 6.07) is 81.9.